The zero-order valence-electron chi connectivity index (χ0n) is 12.8. The number of benzene rings is 1. The van der Waals surface area contributed by atoms with Crippen LogP contribution < -0.4 is 0 Å². The molecule has 1 unspecified atom stereocenters. The molecule has 5 heteroatoms. The molecular formula is C16H20N2O3. The van der Waals surface area contributed by atoms with E-state index in [-0.39, 0.29) is 12.3 Å². The number of nitrogens with zero attached hydrogens (tertiary/aromatic N) is 2. The Balaban J connectivity index is 2.29. The molecule has 0 aliphatic carbocycles. The van der Waals surface area contributed by atoms with Crippen LogP contribution in [0, 0.1) is 18.3 Å². The molecule has 1 aromatic carbocycles. The predicted octanol–water partition coefficient (Wildman–Crippen LogP) is 3.33. The molecule has 0 fully saturated rings. The van der Waals surface area contributed by atoms with Crippen molar-refractivity contribution in [1.29, 1.82) is 0 Å². The molecule has 1 heterocycles. The van der Waals surface area contributed by atoms with E-state index in [1.54, 1.807) is 6.92 Å². The molecule has 0 radical (unpaired) electrons. The van der Waals surface area contributed by atoms with Gasteiger partial charge in [0.1, 0.15) is 0 Å². The zero-order chi connectivity index (χ0) is 15.6. The van der Waals surface area contributed by atoms with Crippen LogP contribution in [0.25, 0.3) is 11.4 Å². The summed E-state index contributed by atoms with van der Waals surface area (Å²) in [5, 5.41) is 13.4. The van der Waals surface area contributed by atoms with Gasteiger partial charge in [-0.1, -0.05) is 43.3 Å². The monoisotopic (exact) mass is 288 g/mol. The summed E-state index contributed by atoms with van der Waals surface area (Å²) in [7, 11) is 0. The van der Waals surface area contributed by atoms with Gasteiger partial charge in [0.2, 0.25) is 11.7 Å². The van der Waals surface area contributed by atoms with Crippen LogP contribution in [0.15, 0.2) is 28.8 Å². The second kappa shape index (κ2) is 5.68. The smallest absolute Gasteiger partial charge is 0.310 e. The number of rotatable bonds is 5. The molecule has 0 bridgehead atoms. The predicted molar refractivity (Wildman–Crippen MR) is 78.8 cm³/mol. The molecule has 2 rings (SSSR count). The van der Waals surface area contributed by atoms with Crippen LogP contribution in [-0.2, 0) is 11.2 Å². The van der Waals surface area contributed by atoms with Crippen LogP contribution in [0.2, 0.25) is 0 Å². The largest absolute Gasteiger partial charge is 0.481 e. The maximum Gasteiger partial charge on any atom is 0.310 e. The summed E-state index contributed by atoms with van der Waals surface area (Å²) < 4.78 is 5.25. The van der Waals surface area contributed by atoms with Gasteiger partial charge < -0.3 is 9.63 Å². The summed E-state index contributed by atoms with van der Waals surface area (Å²) in [6.45, 7) is 7.44. The van der Waals surface area contributed by atoms with Gasteiger partial charge in [-0.05, 0) is 25.3 Å². The van der Waals surface area contributed by atoms with Gasteiger partial charge in [-0.3, -0.25) is 4.79 Å². The summed E-state index contributed by atoms with van der Waals surface area (Å²) in [4.78, 5) is 15.9. The van der Waals surface area contributed by atoms with Crippen molar-refractivity contribution in [2.75, 3.05) is 0 Å². The molecule has 0 saturated carbocycles. The van der Waals surface area contributed by atoms with E-state index in [0.717, 1.165) is 11.1 Å². The Kier molecular flexibility index (Phi) is 4.11. The first-order chi connectivity index (χ1) is 9.84. The van der Waals surface area contributed by atoms with Gasteiger partial charge in [-0.2, -0.15) is 4.98 Å². The van der Waals surface area contributed by atoms with Crippen molar-refractivity contribution in [1.82, 2.24) is 10.1 Å². The van der Waals surface area contributed by atoms with Gasteiger partial charge in [0, 0.05) is 12.0 Å². The molecule has 1 N–H and O–H groups in total. The zero-order valence-corrected chi connectivity index (χ0v) is 12.8. The lowest BCUT2D eigenvalue weighted by Gasteiger charge is -2.27. The quantitative estimate of drug-likeness (QED) is 0.913. The number of hydrogen-bond donors (Lipinski definition) is 1. The Labute approximate surface area is 124 Å². The van der Waals surface area contributed by atoms with Gasteiger partial charge in [0.15, 0.2) is 0 Å². The van der Waals surface area contributed by atoms with Crippen LogP contribution in [0.5, 0.6) is 0 Å². The van der Waals surface area contributed by atoms with Gasteiger partial charge in [-0.25, -0.2) is 0 Å². The van der Waals surface area contributed by atoms with Crippen LogP contribution in [0.1, 0.15) is 32.2 Å². The third-order valence-electron chi connectivity index (χ3n) is 4.14. The minimum atomic E-state index is -0.921. The Morgan fingerprint density at radius 2 is 2.05 bits per heavy atom. The van der Waals surface area contributed by atoms with Crippen LogP contribution >= 0.6 is 0 Å². The summed E-state index contributed by atoms with van der Waals surface area (Å²) in [6, 6.07) is 7.75. The van der Waals surface area contributed by atoms with E-state index >= 15 is 0 Å². The molecule has 0 aliphatic heterocycles. The van der Waals surface area contributed by atoms with Gasteiger partial charge in [-0.15, -0.1) is 0 Å². The van der Waals surface area contributed by atoms with E-state index in [9.17, 15) is 9.90 Å². The van der Waals surface area contributed by atoms with Crippen LogP contribution in [-0.4, -0.2) is 21.2 Å². The molecule has 5 nitrogen and oxygen atoms in total. The highest BCUT2D eigenvalue weighted by Gasteiger charge is 2.38. The summed E-state index contributed by atoms with van der Waals surface area (Å²) in [5.41, 5.74) is 1.03. The van der Waals surface area contributed by atoms with Crippen LogP contribution in [0.4, 0.5) is 0 Å². The van der Waals surface area contributed by atoms with Gasteiger partial charge in [0.05, 0.1) is 5.41 Å². The van der Waals surface area contributed by atoms with E-state index in [1.165, 1.54) is 0 Å². The summed E-state index contributed by atoms with van der Waals surface area (Å²) >= 11 is 0. The second-order valence-corrected chi connectivity index (χ2v) is 5.88. The number of aryl methyl sites for hydroxylation is 1. The first-order valence-electron chi connectivity index (χ1n) is 6.96. The first-order valence-corrected chi connectivity index (χ1v) is 6.96. The maximum atomic E-state index is 11.5. The molecule has 0 amide bonds. The third kappa shape index (κ3) is 2.96. The van der Waals surface area contributed by atoms with E-state index in [1.807, 2.05) is 45.0 Å². The average Bonchev–Trinajstić information content (AvgIpc) is 2.86. The number of carboxylic acid groups (broad SMARTS) is 1. The van der Waals surface area contributed by atoms with Crippen molar-refractivity contribution in [3.8, 4) is 11.4 Å². The molecule has 112 valence electrons. The molecule has 0 spiro atoms. The number of aromatic nitrogens is 2. The maximum absolute atomic E-state index is 11.5. The van der Waals surface area contributed by atoms with E-state index in [2.05, 4.69) is 10.1 Å². The fraction of sp³-hybridized carbons (Fsp3) is 0.438. The molecular weight excluding hydrogens is 268 g/mol. The fourth-order valence-electron chi connectivity index (χ4n) is 2.10. The van der Waals surface area contributed by atoms with Crippen molar-refractivity contribution in [3.63, 3.8) is 0 Å². The third-order valence-corrected chi connectivity index (χ3v) is 4.14. The molecule has 1 aromatic heterocycles. The fourth-order valence-corrected chi connectivity index (χ4v) is 2.10. The van der Waals surface area contributed by atoms with Crippen molar-refractivity contribution >= 4 is 5.97 Å². The molecule has 21 heavy (non-hydrogen) atoms. The minimum Gasteiger partial charge on any atom is -0.481 e. The Morgan fingerprint density at radius 1 is 1.38 bits per heavy atom. The van der Waals surface area contributed by atoms with Crippen molar-refractivity contribution in [2.24, 2.45) is 11.3 Å². The standard InChI is InChI=1S/C16H20N2O3/c1-10(2)16(4,15(19)20)9-13-17-14(18-21-13)12-8-6-5-7-11(12)3/h5-8,10H,9H2,1-4H3,(H,19,20). The van der Waals surface area contributed by atoms with Gasteiger partial charge >= 0.3 is 5.97 Å². The van der Waals surface area contributed by atoms with E-state index in [0.29, 0.717) is 11.7 Å². The number of carbonyl (C=O) groups is 1. The summed E-state index contributed by atoms with van der Waals surface area (Å²) in [6.07, 6.45) is 0.221. The SMILES string of the molecule is Cc1ccccc1-c1noc(CC(C)(C(=O)O)C(C)C)n1. The van der Waals surface area contributed by atoms with Crippen molar-refractivity contribution < 1.29 is 14.4 Å². The Morgan fingerprint density at radius 3 is 2.62 bits per heavy atom. The van der Waals surface area contributed by atoms with Crippen molar-refractivity contribution in [3.05, 3.63) is 35.7 Å². The van der Waals surface area contributed by atoms with Gasteiger partial charge in [0.25, 0.3) is 0 Å². The lowest BCUT2D eigenvalue weighted by Crippen LogP contribution is -2.35. The molecule has 0 aliphatic rings. The van der Waals surface area contributed by atoms with Crippen LogP contribution in [0.3, 0.4) is 0 Å². The Hall–Kier alpha value is -2.17. The number of aliphatic carboxylic acids is 1. The molecule has 0 saturated heterocycles. The highest BCUT2D eigenvalue weighted by Crippen LogP contribution is 2.32. The van der Waals surface area contributed by atoms with Crippen molar-refractivity contribution in [2.45, 2.75) is 34.1 Å². The van der Waals surface area contributed by atoms with E-state index < -0.39 is 11.4 Å². The minimum absolute atomic E-state index is 0.0381. The second-order valence-electron chi connectivity index (χ2n) is 5.88. The Bertz CT molecular complexity index is 648. The van der Waals surface area contributed by atoms with E-state index in [4.69, 9.17) is 4.52 Å². The topological polar surface area (TPSA) is 76.2 Å². The highest BCUT2D eigenvalue weighted by molar-refractivity contribution is 5.74. The number of carboxylic acids is 1. The lowest BCUT2D eigenvalue weighted by molar-refractivity contribution is -0.150. The summed E-state index contributed by atoms with van der Waals surface area (Å²) in [5.74, 6) is -0.0385. The first kappa shape index (κ1) is 15.2. The lowest BCUT2D eigenvalue weighted by atomic mass is 9.76. The molecule has 2 aromatic rings. The number of hydrogen-bond acceptors (Lipinski definition) is 4. The highest BCUT2D eigenvalue weighted by atomic mass is 16.5. The molecule has 1 atom stereocenters. The average molecular weight is 288 g/mol. The normalized spacial score (nSPS) is 14.1.